The van der Waals surface area contributed by atoms with E-state index in [4.69, 9.17) is 16.3 Å². The number of likely N-dealkylation sites (N-methyl/N-ethyl adjacent to an activating group) is 1. The summed E-state index contributed by atoms with van der Waals surface area (Å²) in [4.78, 5) is 27.5. The number of benzene rings is 1. The summed E-state index contributed by atoms with van der Waals surface area (Å²) in [6, 6.07) is 10.8. The molecule has 2 aromatic rings. The highest BCUT2D eigenvalue weighted by Gasteiger charge is 2.14. The van der Waals surface area contributed by atoms with Crippen LogP contribution in [0.3, 0.4) is 0 Å². The van der Waals surface area contributed by atoms with E-state index in [1.54, 1.807) is 36.2 Å². The van der Waals surface area contributed by atoms with Crippen molar-refractivity contribution in [1.82, 2.24) is 4.90 Å². The molecule has 0 spiro atoms. The third-order valence-corrected chi connectivity index (χ3v) is 4.81. The van der Waals surface area contributed by atoms with E-state index in [9.17, 15) is 9.59 Å². The van der Waals surface area contributed by atoms with Crippen LogP contribution in [0.5, 0.6) is 5.75 Å². The second-order valence-electron chi connectivity index (χ2n) is 5.45. The molecule has 0 aliphatic carbocycles. The second kappa shape index (κ2) is 8.85. The first-order valence-corrected chi connectivity index (χ1v) is 8.87. The van der Waals surface area contributed by atoms with Gasteiger partial charge in [-0.1, -0.05) is 11.6 Å². The van der Waals surface area contributed by atoms with Gasteiger partial charge in [-0.25, -0.2) is 0 Å². The van der Waals surface area contributed by atoms with Gasteiger partial charge in [-0.05, 0) is 43.3 Å². The van der Waals surface area contributed by atoms with E-state index in [0.29, 0.717) is 28.8 Å². The van der Waals surface area contributed by atoms with Gasteiger partial charge in [0.2, 0.25) is 5.91 Å². The summed E-state index contributed by atoms with van der Waals surface area (Å²) in [7, 11) is 1.72. The van der Waals surface area contributed by atoms with Crippen LogP contribution in [-0.2, 0) is 4.79 Å². The average molecular weight is 366 g/mol. The number of hydrogen-bond donors (Lipinski definition) is 0. The normalized spacial score (nSPS) is 10.5. The van der Waals surface area contributed by atoms with Gasteiger partial charge < -0.3 is 9.64 Å². The first kappa shape index (κ1) is 18.5. The summed E-state index contributed by atoms with van der Waals surface area (Å²) in [5.74, 6) is 0.673. The number of ketones is 1. The molecule has 1 heterocycles. The molecule has 1 aromatic carbocycles. The fourth-order valence-electron chi connectivity index (χ4n) is 2.07. The van der Waals surface area contributed by atoms with E-state index >= 15 is 0 Å². The summed E-state index contributed by atoms with van der Waals surface area (Å²) in [6.45, 7) is 2.82. The maximum atomic E-state index is 12.1. The fraction of sp³-hybridized carbons (Fsp3) is 0.333. The highest BCUT2D eigenvalue weighted by atomic mass is 35.5. The van der Waals surface area contributed by atoms with Gasteiger partial charge in [0.15, 0.2) is 5.78 Å². The quantitative estimate of drug-likeness (QED) is 0.658. The van der Waals surface area contributed by atoms with Gasteiger partial charge in [0, 0.05) is 29.8 Å². The maximum Gasteiger partial charge on any atom is 0.222 e. The largest absolute Gasteiger partial charge is 0.492 e. The van der Waals surface area contributed by atoms with Crippen molar-refractivity contribution < 1.29 is 14.3 Å². The third kappa shape index (κ3) is 5.65. The van der Waals surface area contributed by atoms with Gasteiger partial charge in [-0.15, -0.1) is 11.3 Å². The lowest BCUT2D eigenvalue weighted by Crippen LogP contribution is -2.31. The van der Waals surface area contributed by atoms with Crippen molar-refractivity contribution in [3.05, 3.63) is 51.2 Å². The number of thiophene rings is 1. The smallest absolute Gasteiger partial charge is 0.222 e. The molecule has 0 radical (unpaired) electrons. The van der Waals surface area contributed by atoms with E-state index in [2.05, 4.69) is 0 Å². The van der Waals surface area contributed by atoms with Crippen molar-refractivity contribution >= 4 is 34.6 Å². The van der Waals surface area contributed by atoms with Gasteiger partial charge >= 0.3 is 0 Å². The Bertz CT molecular complexity index is 697. The Hall–Kier alpha value is -1.85. The van der Waals surface area contributed by atoms with Crippen LogP contribution in [0.1, 0.15) is 27.4 Å². The lowest BCUT2D eigenvalue weighted by molar-refractivity contribution is -0.130. The molecule has 4 nitrogen and oxygen atoms in total. The molecule has 0 unspecified atom stereocenters. The van der Waals surface area contributed by atoms with Crippen molar-refractivity contribution in [3.8, 4) is 5.75 Å². The number of aryl methyl sites for hydroxylation is 1. The van der Waals surface area contributed by atoms with Crippen LogP contribution in [0.15, 0.2) is 36.4 Å². The number of carbonyl (C=O) groups is 2. The number of amides is 1. The Morgan fingerprint density at radius 1 is 1.12 bits per heavy atom. The minimum absolute atomic E-state index is 0.0206. The minimum Gasteiger partial charge on any atom is -0.492 e. The molecule has 0 saturated heterocycles. The summed E-state index contributed by atoms with van der Waals surface area (Å²) >= 11 is 7.27. The number of Topliss-reactive ketones (excluding diaryl/α,β-unsaturated/α-hetero) is 1. The lowest BCUT2D eigenvalue weighted by Gasteiger charge is -2.17. The monoisotopic (exact) mass is 365 g/mol. The number of ether oxygens (including phenoxy) is 1. The molecule has 0 bridgehead atoms. The van der Waals surface area contributed by atoms with E-state index in [1.807, 2.05) is 19.1 Å². The molecule has 24 heavy (non-hydrogen) atoms. The van der Waals surface area contributed by atoms with Gasteiger partial charge in [0.25, 0.3) is 0 Å². The van der Waals surface area contributed by atoms with Crippen molar-refractivity contribution in [1.29, 1.82) is 0 Å². The van der Waals surface area contributed by atoms with Crippen LogP contribution < -0.4 is 4.74 Å². The van der Waals surface area contributed by atoms with Crippen LogP contribution in [0.25, 0.3) is 0 Å². The van der Waals surface area contributed by atoms with Gasteiger partial charge in [-0.3, -0.25) is 9.59 Å². The Kier molecular flexibility index (Phi) is 6.82. The predicted molar refractivity (Wildman–Crippen MR) is 97.2 cm³/mol. The maximum absolute atomic E-state index is 12.1. The van der Waals surface area contributed by atoms with Gasteiger partial charge in [0.1, 0.15) is 12.4 Å². The molecule has 6 heteroatoms. The Morgan fingerprint density at radius 3 is 2.46 bits per heavy atom. The van der Waals surface area contributed by atoms with E-state index < -0.39 is 0 Å². The average Bonchev–Trinajstić information content (AvgIpc) is 3.00. The van der Waals surface area contributed by atoms with Crippen LogP contribution in [0.4, 0.5) is 0 Å². The van der Waals surface area contributed by atoms with Crippen LogP contribution in [-0.4, -0.2) is 36.8 Å². The summed E-state index contributed by atoms with van der Waals surface area (Å²) in [5, 5.41) is 0.653. The van der Waals surface area contributed by atoms with Crippen molar-refractivity contribution in [2.45, 2.75) is 19.8 Å². The molecule has 2 rings (SSSR count). The SMILES string of the molecule is Cc1ccc(C(=O)CCC(=O)N(C)CCOc2ccc(Cl)cc2)s1. The number of hydrogen-bond acceptors (Lipinski definition) is 4. The number of nitrogens with zero attached hydrogens (tertiary/aromatic N) is 1. The predicted octanol–water partition coefficient (Wildman–Crippen LogP) is 4.21. The van der Waals surface area contributed by atoms with E-state index in [1.165, 1.54) is 11.3 Å². The molecular weight excluding hydrogens is 346 g/mol. The molecule has 1 amide bonds. The summed E-state index contributed by atoms with van der Waals surface area (Å²) in [6.07, 6.45) is 0.453. The molecule has 128 valence electrons. The van der Waals surface area contributed by atoms with Crippen molar-refractivity contribution in [2.75, 3.05) is 20.2 Å². The van der Waals surface area contributed by atoms with Crippen molar-refractivity contribution in [3.63, 3.8) is 0 Å². The Morgan fingerprint density at radius 2 is 1.83 bits per heavy atom. The number of rotatable bonds is 8. The number of halogens is 1. The molecule has 0 atom stereocenters. The van der Waals surface area contributed by atoms with E-state index in [0.717, 1.165) is 4.88 Å². The lowest BCUT2D eigenvalue weighted by atomic mass is 10.2. The number of carbonyl (C=O) groups excluding carboxylic acids is 2. The highest BCUT2D eigenvalue weighted by molar-refractivity contribution is 7.14. The summed E-state index contributed by atoms with van der Waals surface area (Å²) in [5.41, 5.74) is 0. The molecular formula is C18H20ClNO3S. The van der Waals surface area contributed by atoms with Gasteiger partial charge in [-0.2, -0.15) is 0 Å². The molecule has 0 aliphatic rings. The topological polar surface area (TPSA) is 46.6 Å². The highest BCUT2D eigenvalue weighted by Crippen LogP contribution is 2.18. The molecule has 0 N–H and O–H groups in total. The standard InChI is InChI=1S/C18H20ClNO3S/c1-13-3-9-17(24-13)16(21)8-10-18(22)20(2)11-12-23-15-6-4-14(19)5-7-15/h3-7,9H,8,10-12H2,1-2H3. The van der Waals surface area contributed by atoms with Crippen LogP contribution in [0, 0.1) is 6.92 Å². The Balaban J connectivity index is 1.70. The Labute approximate surface area is 151 Å². The first-order chi connectivity index (χ1) is 11.5. The minimum atomic E-state index is -0.0589. The zero-order valence-corrected chi connectivity index (χ0v) is 15.3. The fourth-order valence-corrected chi connectivity index (χ4v) is 3.04. The van der Waals surface area contributed by atoms with Crippen LogP contribution >= 0.6 is 22.9 Å². The molecule has 1 aromatic heterocycles. The molecule has 0 fully saturated rings. The molecule has 0 saturated carbocycles. The van der Waals surface area contributed by atoms with Crippen LogP contribution in [0.2, 0.25) is 5.02 Å². The third-order valence-electron chi connectivity index (χ3n) is 3.52. The zero-order chi connectivity index (χ0) is 17.5. The second-order valence-corrected chi connectivity index (χ2v) is 7.18. The summed E-state index contributed by atoms with van der Waals surface area (Å²) < 4.78 is 5.56. The van der Waals surface area contributed by atoms with Gasteiger partial charge in [0.05, 0.1) is 11.4 Å². The van der Waals surface area contributed by atoms with Crippen molar-refractivity contribution in [2.24, 2.45) is 0 Å². The first-order valence-electron chi connectivity index (χ1n) is 7.67. The van der Waals surface area contributed by atoms with E-state index in [-0.39, 0.29) is 24.5 Å². The molecule has 0 aliphatic heterocycles. The zero-order valence-electron chi connectivity index (χ0n) is 13.8.